The summed E-state index contributed by atoms with van der Waals surface area (Å²) in [5.74, 6) is -0.663. The number of carboxylic acid groups (broad SMARTS) is 1. The number of carbonyl (C=O) groups is 1. The summed E-state index contributed by atoms with van der Waals surface area (Å²) in [5, 5.41) is 9.49. The van der Waals surface area contributed by atoms with Crippen molar-refractivity contribution in [1.82, 2.24) is 9.80 Å². The minimum absolute atomic E-state index is 0.601. The van der Waals surface area contributed by atoms with Gasteiger partial charge < -0.3 is 14.9 Å². The summed E-state index contributed by atoms with van der Waals surface area (Å²) < 4.78 is 0. The number of aliphatic carboxylic acids is 1. The third-order valence-electron chi connectivity index (χ3n) is 5.44. The molecule has 1 aromatic rings. The zero-order chi connectivity index (χ0) is 15.6. The molecular weight excluding hydrogens is 276 g/mol. The van der Waals surface area contributed by atoms with Gasteiger partial charge in [-0.15, -0.1) is 0 Å². The van der Waals surface area contributed by atoms with E-state index in [9.17, 15) is 9.90 Å². The molecule has 0 spiro atoms. The highest BCUT2D eigenvalue weighted by Gasteiger charge is 2.45. The van der Waals surface area contributed by atoms with Gasteiger partial charge in [-0.2, -0.15) is 0 Å². The molecule has 1 aromatic carbocycles. The van der Waals surface area contributed by atoms with Gasteiger partial charge in [0.15, 0.2) is 0 Å². The van der Waals surface area contributed by atoms with Gasteiger partial charge in [0.1, 0.15) is 0 Å². The van der Waals surface area contributed by atoms with Gasteiger partial charge in [0, 0.05) is 32.7 Å². The number of piperazine rings is 1. The molecule has 0 amide bonds. The summed E-state index contributed by atoms with van der Waals surface area (Å²) in [5.41, 5.74) is 1.69. The first kappa shape index (κ1) is 15.5. The lowest BCUT2D eigenvalue weighted by molar-refractivity contribution is -0.147. The highest BCUT2D eigenvalue weighted by atomic mass is 16.4. The van der Waals surface area contributed by atoms with E-state index in [2.05, 4.69) is 29.0 Å². The highest BCUT2D eigenvalue weighted by Crippen LogP contribution is 2.43. The molecule has 1 aliphatic heterocycles. The molecule has 22 heavy (non-hydrogen) atoms. The van der Waals surface area contributed by atoms with Crippen LogP contribution in [0.2, 0.25) is 0 Å². The zero-order valence-electron chi connectivity index (χ0n) is 13.4. The van der Waals surface area contributed by atoms with Gasteiger partial charge in [0.2, 0.25) is 0 Å². The van der Waals surface area contributed by atoms with Crippen LogP contribution in [0.5, 0.6) is 0 Å². The van der Waals surface area contributed by atoms with Crippen LogP contribution < -0.4 is 0 Å². The summed E-state index contributed by atoms with van der Waals surface area (Å²) in [6, 6.07) is 8.31. The van der Waals surface area contributed by atoms with Gasteiger partial charge >= 0.3 is 5.97 Å². The minimum atomic E-state index is -0.663. The maximum atomic E-state index is 11.5. The molecule has 120 valence electrons. The molecule has 1 saturated heterocycles. The highest BCUT2D eigenvalue weighted by molar-refractivity contribution is 5.82. The van der Waals surface area contributed by atoms with Crippen molar-refractivity contribution in [3.63, 3.8) is 0 Å². The second kappa shape index (κ2) is 6.39. The number of carboxylic acids is 1. The Morgan fingerprint density at radius 3 is 2.27 bits per heavy atom. The number of nitrogens with zero attached hydrogens (tertiary/aromatic N) is 2. The quantitative estimate of drug-likeness (QED) is 0.903. The lowest BCUT2D eigenvalue weighted by atomic mass is 9.64. The molecular formula is C18H26N2O2. The van der Waals surface area contributed by atoms with Gasteiger partial charge in [-0.05, 0) is 37.4 Å². The first-order valence-corrected chi connectivity index (χ1v) is 8.34. The molecule has 2 fully saturated rings. The fraction of sp³-hybridized carbons (Fsp3) is 0.611. The van der Waals surface area contributed by atoms with Crippen LogP contribution >= 0.6 is 0 Å². The molecule has 4 nitrogen and oxygen atoms in total. The summed E-state index contributed by atoms with van der Waals surface area (Å²) >= 11 is 0. The summed E-state index contributed by atoms with van der Waals surface area (Å²) in [7, 11) is 2.18. The largest absolute Gasteiger partial charge is 0.481 e. The average Bonchev–Trinajstić information content (AvgIpc) is 2.46. The topological polar surface area (TPSA) is 43.8 Å². The summed E-state index contributed by atoms with van der Waals surface area (Å²) in [6.45, 7) is 5.70. The Bertz CT molecular complexity index is 514. The standard InChI is InChI=1S/C18H26N2O2/c1-19-11-13-20(14-12-19)10-7-15-3-5-16(6-4-15)18(17(21)22)8-2-9-18/h3-6H,2,7-14H2,1H3,(H,21,22). The molecule has 0 bridgehead atoms. The van der Waals surface area contributed by atoms with Gasteiger partial charge in [0.25, 0.3) is 0 Å². The van der Waals surface area contributed by atoms with E-state index in [0.717, 1.165) is 64.0 Å². The summed E-state index contributed by atoms with van der Waals surface area (Å²) in [4.78, 5) is 16.4. The van der Waals surface area contributed by atoms with E-state index in [0.29, 0.717) is 0 Å². The van der Waals surface area contributed by atoms with E-state index in [1.54, 1.807) is 0 Å². The van der Waals surface area contributed by atoms with E-state index in [4.69, 9.17) is 0 Å². The maximum Gasteiger partial charge on any atom is 0.314 e. The van der Waals surface area contributed by atoms with E-state index in [1.807, 2.05) is 12.1 Å². The molecule has 0 aromatic heterocycles. The van der Waals surface area contributed by atoms with Gasteiger partial charge in [0.05, 0.1) is 5.41 Å². The van der Waals surface area contributed by atoms with Crippen LogP contribution in [0.25, 0.3) is 0 Å². The Labute approximate surface area is 132 Å². The molecule has 1 N–H and O–H groups in total. The van der Waals surface area contributed by atoms with Gasteiger partial charge in [-0.1, -0.05) is 30.7 Å². The normalized spacial score (nSPS) is 22.2. The molecule has 1 aliphatic carbocycles. The van der Waals surface area contributed by atoms with E-state index >= 15 is 0 Å². The molecule has 4 heteroatoms. The lowest BCUT2D eigenvalue weighted by Crippen LogP contribution is -2.45. The molecule has 1 heterocycles. The van der Waals surface area contributed by atoms with Crippen LogP contribution in [0.4, 0.5) is 0 Å². The third kappa shape index (κ3) is 3.03. The second-order valence-corrected chi connectivity index (χ2v) is 6.83. The number of hydrogen-bond donors (Lipinski definition) is 1. The number of benzene rings is 1. The Kier molecular flexibility index (Phi) is 4.50. The van der Waals surface area contributed by atoms with Crippen LogP contribution in [0.1, 0.15) is 30.4 Å². The predicted octanol–water partition coefficient (Wildman–Crippen LogP) is 1.98. The Balaban J connectivity index is 1.57. The van der Waals surface area contributed by atoms with Crippen LogP contribution in [-0.2, 0) is 16.6 Å². The maximum absolute atomic E-state index is 11.5. The molecule has 0 radical (unpaired) electrons. The smallest absolute Gasteiger partial charge is 0.314 e. The average molecular weight is 302 g/mol. The van der Waals surface area contributed by atoms with Crippen LogP contribution in [0, 0.1) is 0 Å². The SMILES string of the molecule is CN1CCN(CCc2ccc(C3(C(=O)O)CCC3)cc2)CC1. The van der Waals surface area contributed by atoms with Crippen molar-refractivity contribution in [1.29, 1.82) is 0 Å². The lowest BCUT2D eigenvalue weighted by Gasteiger charge is -2.38. The first-order chi connectivity index (χ1) is 10.6. The molecule has 2 aliphatic rings. The van der Waals surface area contributed by atoms with E-state index in [1.165, 1.54) is 5.56 Å². The van der Waals surface area contributed by atoms with Crippen molar-refractivity contribution in [2.45, 2.75) is 31.1 Å². The number of hydrogen-bond acceptors (Lipinski definition) is 3. The fourth-order valence-corrected chi connectivity index (χ4v) is 3.51. The van der Waals surface area contributed by atoms with Crippen LogP contribution in [0.3, 0.4) is 0 Å². The predicted molar refractivity (Wildman–Crippen MR) is 87.2 cm³/mol. The number of rotatable bonds is 5. The monoisotopic (exact) mass is 302 g/mol. The van der Waals surface area contributed by atoms with Crippen molar-refractivity contribution in [2.75, 3.05) is 39.8 Å². The van der Waals surface area contributed by atoms with Crippen molar-refractivity contribution in [3.05, 3.63) is 35.4 Å². The van der Waals surface area contributed by atoms with E-state index < -0.39 is 11.4 Å². The van der Waals surface area contributed by atoms with Gasteiger partial charge in [-0.25, -0.2) is 0 Å². The van der Waals surface area contributed by atoms with Crippen molar-refractivity contribution < 1.29 is 9.90 Å². The van der Waals surface area contributed by atoms with Crippen molar-refractivity contribution in [2.24, 2.45) is 0 Å². The Morgan fingerprint density at radius 2 is 1.77 bits per heavy atom. The third-order valence-corrected chi connectivity index (χ3v) is 5.44. The van der Waals surface area contributed by atoms with Crippen molar-refractivity contribution >= 4 is 5.97 Å². The Morgan fingerprint density at radius 1 is 1.14 bits per heavy atom. The Hall–Kier alpha value is -1.39. The second-order valence-electron chi connectivity index (χ2n) is 6.83. The number of likely N-dealkylation sites (N-methyl/N-ethyl adjacent to an activating group) is 1. The summed E-state index contributed by atoms with van der Waals surface area (Å²) in [6.07, 6.45) is 3.63. The molecule has 0 atom stereocenters. The van der Waals surface area contributed by atoms with Crippen molar-refractivity contribution in [3.8, 4) is 0 Å². The van der Waals surface area contributed by atoms with Crippen LogP contribution in [0.15, 0.2) is 24.3 Å². The zero-order valence-corrected chi connectivity index (χ0v) is 13.4. The molecule has 3 rings (SSSR count). The van der Waals surface area contributed by atoms with Crippen LogP contribution in [-0.4, -0.2) is 60.6 Å². The fourth-order valence-electron chi connectivity index (χ4n) is 3.51. The first-order valence-electron chi connectivity index (χ1n) is 8.34. The molecule has 1 saturated carbocycles. The van der Waals surface area contributed by atoms with Gasteiger partial charge in [-0.3, -0.25) is 4.79 Å². The van der Waals surface area contributed by atoms with E-state index in [-0.39, 0.29) is 0 Å². The minimum Gasteiger partial charge on any atom is -0.481 e. The molecule has 0 unspecified atom stereocenters.